The highest BCUT2D eigenvalue weighted by Gasteiger charge is 2.28. The minimum Gasteiger partial charge on any atom is -0.339 e. The minimum atomic E-state index is -0.200. The second kappa shape index (κ2) is 6.94. The van der Waals surface area contributed by atoms with Crippen LogP contribution in [0.4, 0.5) is 5.69 Å². The predicted molar refractivity (Wildman–Crippen MR) is 99.3 cm³/mol. The van der Waals surface area contributed by atoms with Crippen molar-refractivity contribution in [1.29, 1.82) is 0 Å². The van der Waals surface area contributed by atoms with Crippen LogP contribution < -0.4 is 5.32 Å². The van der Waals surface area contributed by atoms with Crippen molar-refractivity contribution in [1.82, 2.24) is 14.7 Å². The van der Waals surface area contributed by atoms with Crippen LogP contribution in [0, 0.1) is 0 Å². The van der Waals surface area contributed by atoms with E-state index in [1.807, 2.05) is 29.2 Å². The number of benzene rings is 1. The van der Waals surface area contributed by atoms with Crippen molar-refractivity contribution in [3.05, 3.63) is 47.3 Å². The molecule has 0 atom stereocenters. The van der Waals surface area contributed by atoms with Crippen LogP contribution in [0.2, 0.25) is 0 Å². The summed E-state index contributed by atoms with van der Waals surface area (Å²) in [4.78, 5) is 27.1. The van der Waals surface area contributed by atoms with Crippen LogP contribution >= 0.6 is 0 Å². The third kappa shape index (κ3) is 3.49. The van der Waals surface area contributed by atoms with Crippen molar-refractivity contribution in [3.63, 3.8) is 0 Å². The van der Waals surface area contributed by atoms with E-state index in [4.69, 9.17) is 0 Å². The SMILES string of the molecule is Cn1nc(C2CC2)cc1C(=O)Nc1cccc(C(=O)N2CCCCC2)c1. The number of hydrogen-bond acceptors (Lipinski definition) is 3. The molecule has 4 rings (SSSR count). The number of nitrogens with one attached hydrogen (secondary N) is 1. The van der Waals surface area contributed by atoms with Crippen molar-refractivity contribution in [3.8, 4) is 0 Å². The molecule has 1 N–H and O–H groups in total. The van der Waals surface area contributed by atoms with E-state index in [9.17, 15) is 9.59 Å². The highest BCUT2D eigenvalue weighted by atomic mass is 16.2. The Balaban J connectivity index is 1.48. The van der Waals surface area contributed by atoms with E-state index in [0.29, 0.717) is 22.9 Å². The molecule has 2 aromatic rings. The summed E-state index contributed by atoms with van der Waals surface area (Å²) in [6, 6.07) is 9.05. The topological polar surface area (TPSA) is 67.2 Å². The third-order valence-electron chi connectivity index (χ3n) is 5.14. The molecule has 0 bridgehead atoms. The molecule has 6 nitrogen and oxygen atoms in total. The molecule has 1 saturated carbocycles. The number of nitrogens with zero attached hydrogens (tertiary/aromatic N) is 3. The van der Waals surface area contributed by atoms with Crippen LogP contribution in [-0.4, -0.2) is 39.6 Å². The average Bonchev–Trinajstić information content (AvgIpc) is 3.44. The molecule has 1 aliphatic carbocycles. The highest BCUT2D eigenvalue weighted by molar-refractivity contribution is 6.04. The van der Waals surface area contributed by atoms with Crippen LogP contribution in [-0.2, 0) is 7.05 Å². The fourth-order valence-corrected chi connectivity index (χ4v) is 3.49. The summed E-state index contributed by atoms with van der Waals surface area (Å²) in [6.07, 6.45) is 5.61. The molecule has 1 aliphatic heterocycles. The van der Waals surface area contributed by atoms with Gasteiger partial charge in [-0.1, -0.05) is 6.07 Å². The molecule has 1 saturated heterocycles. The van der Waals surface area contributed by atoms with Crippen LogP contribution in [0.25, 0.3) is 0 Å². The number of hydrogen-bond donors (Lipinski definition) is 1. The molecule has 2 amide bonds. The van der Waals surface area contributed by atoms with Gasteiger partial charge in [0, 0.05) is 37.3 Å². The van der Waals surface area contributed by atoms with Gasteiger partial charge in [0.1, 0.15) is 5.69 Å². The van der Waals surface area contributed by atoms with E-state index >= 15 is 0 Å². The molecule has 1 aromatic heterocycles. The van der Waals surface area contributed by atoms with E-state index in [1.54, 1.807) is 17.8 Å². The van der Waals surface area contributed by atoms with Crippen molar-refractivity contribution in [2.45, 2.75) is 38.0 Å². The Morgan fingerprint density at radius 2 is 1.88 bits per heavy atom. The van der Waals surface area contributed by atoms with Gasteiger partial charge in [-0.25, -0.2) is 0 Å². The number of aromatic nitrogens is 2. The second-order valence-corrected chi connectivity index (χ2v) is 7.24. The molecular formula is C20H24N4O2. The summed E-state index contributed by atoms with van der Waals surface area (Å²) in [5, 5.41) is 7.34. The molecule has 2 fully saturated rings. The zero-order chi connectivity index (χ0) is 18.1. The van der Waals surface area contributed by atoms with Gasteiger partial charge in [-0.15, -0.1) is 0 Å². The normalized spacial score (nSPS) is 17.2. The number of amides is 2. The van der Waals surface area contributed by atoms with Crippen molar-refractivity contribution >= 4 is 17.5 Å². The Kier molecular flexibility index (Phi) is 4.49. The van der Waals surface area contributed by atoms with Crippen molar-refractivity contribution in [2.75, 3.05) is 18.4 Å². The summed E-state index contributed by atoms with van der Waals surface area (Å²) in [7, 11) is 1.79. The second-order valence-electron chi connectivity index (χ2n) is 7.24. The fourth-order valence-electron chi connectivity index (χ4n) is 3.49. The number of piperidine rings is 1. The predicted octanol–water partition coefficient (Wildman–Crippen LogP) is 3.18. The largest absolute Gasteiger partial charge is 0.339 e. The van der Waals surface area contributed by atoms with Gasteiger partial charge >= 0.3 is 0 Å². The summed E-state index contributed by atoms with van der Waals surface area (Å²) < 4.78 is 1.63. The van der Waals surface area contributed by atoms with Gasteiger partial charge in [0.25, 0.3) is 11.8 Å². The minimum absolute atomic E-state index is 0.0392. The number of rotatable bonds is 4. The van der Waals surface area contributed by atoms with Gasteiger partial charge in [0.2, 0.25) is 0 Å². The Morgan fingerprint density at radius 3 is 2.62 bits per heavy atom. The number of aryl methyl sites for hydroxylation is 1. The van der Waals surface area contributed by atoms with Gasteiger partial charge in [-0.2, -0.15) is 5.10 Å². The number of carbonyl (C=O) groups excluding carboxylic acids is 2. The first kappa shape index (κ1) is 16.8. The maximum atomic E-state index is 12.6. The molecule has 26 heavy (non-hydrogen) atoms. The summed E-state index contributed by atoms with van der Waals surface area (Å²) in [6.45, 7) is 1.63. The molecule has 6 heteroatoms. The Hall–Kier alpha value is -2.63. The molecule has 136 valence electrons. The number of anilines is 1. The average molecular weight is 352 g/mol. The maximum absolute atomic E-state index is 12.6. The standard InChI is InChI=1S/C20H24N4O2/c1-23-18(13-17(22-23)14-8-9-14)19(25)21-16-7-5-6-15(12-16)20(26)24-10-3-2-4-11-24/h5-7,12-14H,2-4,8-11H2,1H3,(H,21,25). The van der Waals surface area contributed by atoms with Gasteiger partial charge in [-0.05, 0) is 56.4 Å². The van der Waals surface area contributed by atoms with Crippen LogP contribution in [0.3, 0.4) is 0 Å². The number of carbonyl (C=O) groups is 2. The fraction of sp³-hybridized carbons (Fsp3) is 0.450. The molecule has 0 radical (unpaired) electrons. The Labute approximate surface area is 153 Å². The lowest BCUT2D eigenvalue weighted by Gasteiger charge is -2.26. The zero-order valence-electron chi connectivity index (χ0n) is 15.1. The molecule has 0 unspecified atom stereocenters. The maximum Gasteiger partial charge on any atom is 0.273 e. The van der Waals surface area contributed by atoms with Crippen LogP contribution in [0.5, 0.6) is 0 Å². The Morgan fingerprint density at radius 1 is 1.12 bits per heavy atom. The summed E-state index contributed by atoms with van der Waals surface area (Å²) in [5.74, 6) is 0.347. The van der Waals surface area contributed by atoms with Gasteiger partial charge in [0.15, 0.2) is 0 Å². The van der Waals surface area contributed by atoms with E-state index in [1.165, 1.54) is 6.42 Å². The van der Waals surface area contributed by atoms with E-state index in [0.717, 1.165) is 44.5 Å². The number of likely N-dealkylation sites (tertiary alicyclic amines) is 1. The lowest BCUT2D eigenvalue weighted by atomic mass is 10.1. The van der Waals surface area contributed by atoms with E-state index < -0.39 is 0 Å². The zero-order valence-corrected chi connectivity index (χ0v) is 15.1. The first-order valence-corrected chi connectivity index (χ1v) is 9.36. The summed E-state index contributed by atoms with van der Waals surface area (Å²) in [5.41, 5.74) is 2.78. The highest BCUT2D eigenvalue weighted by Crippen LogP contribution is 2.39. The van der Waals surface area contributed by atoms with Crippen molar-refractivity contribution in [2.24, 2.45) is 7.05 Å². The quantitative estimate of drug-likeness (QED) is 0.919. The molecule has 1 aromatic carbocycles. The molecule has 0 spiro atoms. The van der Waals surface area contributed by atoms with Crippen LogP contribution in [0.15, 0.2) is 30.3 Å². The first-order valence-electron chi connectivity index (χ1n) is 9.36. The lowest BCUT2D eigenvalue weighted by Crippen LogP contribution is -2.35. The van der Waals surface area contributed by atoms with E-state index in [2.05, 4.69) is 10.4 Å². The smallest absolute Gasteiger partial charge is 0.273 e. The lowest BCUT2D eigenvalue weighted by molar-refractivity contribution is 0.0724. The summed E-state index contributed by atoms with van der Waals surface area (Å²) >= 11 is 0. The molecule has 2 heterocycles. The Bertz CT molecular complexity index is 832. The molecular weight excluding hydrogens is 328 g/mol. The van der Waals surface area contributed by atoms with Gasteiger partial charge in [0.05, 0.1) is 5.69 Å². The molecule has 2 aliphatic rings. The first-order chi connectivity index (χ1) is 12.6. The monoisotopic (exact) mass is 352 g/mol. The van der Waals surface area contributed by atoms with Crippen molar-refractivity contribution < 1.29 is 9.59 Å². The third-order valence-corrected chi connectivity index (χ3v) is 5.14. The van der Waals surface area contributed by atoms with E-state index in [-0.39, 0.29) is 11.8 Å². The van der Waals surface area contributed by atoms with Crippen LogP contribution in [0.1, 0.15) is 64.6 Å². The van der Waals surface area contributed by atoms with Gasteiger partial charge in [-0.3, -0.25) is 14.3 Å². The van der Waals surface area contributed by atoms with Gasteiger partial charge < -0.3 is 10.2 Å².